The van der Waals surface area contributed by atoms with Gasteiger partial charge in [-0.15, -0.1) is 0 Å². The molecule has 11 heteroatoms. The van der Waals surface area contributed by atoms with E-state index in [1.165, 1.54) is 12.3 Å². The fourth-order valence-electron chi connectivity index (χ4n) is 2.07. The molecule has 1 aromatic rings. The first kappa shape index (κ1) is 22.8. The maximum absolute atomic E-state index is 12.8. The van der Waals surface area contributed by atoms with E-state index in [0.717, 1.165) is 6.07 Å². The molecule has 0 spiro atoms. The lowest BCUT2D eigenvalue weighted by molar-refractivity contribution is -0.157. The van der Waals surface area contributed by atoms with Crippen molar-refractivity contribution in [1.29, 1.82) is 0 Å². The number of amides is 2. The number of alkyl halides is 6. The van der Waals surface area contributed by atoms with Crippen molar-refractivity contribution in [2.45, 2.75) is 51.6 Å². The second-order valence-electron chi connectivity index (χ2n) is 5.59. The van der Waals surface area contributed by atoms with Gasteiger partial charge in [-0.1, -0.05) is 13.8 Å². The first-order valence-electron chi connectivity index (χ1n) is 8.30. The van der Waals surface area contributed by atoms with E-state index in [2.05, 4.69) is 15.0 Å². The quantitative estimate of drug-likeness (QED) is 0.703. The van der Waals surface area contributed by atoms with Gasteiger partial charge in [0.1, 0.15) is 6.04 Å². The molecular weight excluding hydrogens is 380 g/mol. The molecule has 0 aliphatic heterocycles. The first-order chi connectivity index (χ1) is 12.5. The topological polar surface area (TPSA) is 63.2 Å². The lowest BCUT2D eigenvalue weighted by atomic mass is 10.2. The van der Waals surface area contributed by atoms with Crippen molar-refractivity contribution in [2.24, 2.45) is 5.92 Å². The van der Waals surface area contributed by atoms with E-state index in [9.17, 15) is 31.1 Å². The number of aromatic nitrogens is 1. The van der Waals surface area contributed by atoms with E-state index in [0.29, 0.717) is 18.4 Å². The highest BCUT2D eigenvalue weighted by Gasteiger charge is 2.49. The number of rotatable bonds is 6. The van der Waals surface area contributed by atoms with Crippen molar-refractivity contribution in [3.05, 3.63) is 23.9 Å². The molecule has 154 valence electrons. The van der Waals surface area contributed by atoms with Crippen LogP contribution in [0.3, 0.4) is 0 Å². The second-order valence-corrected chi connectivity index (χ2v) is 5.59. The van der Waals surface area contributed by atoms with Gasteiger partial charge in [0.2, 0.25) is 5.88 Å². The first-order valence-corrected chi connectivity index (χ1v) is 8.30. The van der Waals surface area contributed by atoms with Gasteiger partial charge in [0.15, 0.2) is 6.61 Å². The van der Waals surface area contributed by atoms with Crippen LogP contribution in [-0.4, -0.2) is 36.0 Å². The molecule has 1 atom stereocenters. The summed E-state index contributed by atoms with van der Waals surface area (Å²) in [7, 11) is 0. The second kappa shape index (κ2) is 9.65. The van der Waals surface area contributed by atoms with Crippen LogP contribution in [0.1, 0.15) is 32.3 Å². The Bertz CT molecular complexity index is 603. The molecule has 2 N–H and O–H groups in total. The molecule has 1 unspecified atom stereocenters. The number of ether oxygens (including phenoxy) is 1. The number of halogens is 6. The summed E-state index contributed by atoms with van der Waals surface area (Å²) in [4.78, 5) is 15.2. The fourth-order valence-corrected chi connectivity index (χ4v) is 2.07. The minimum absolute atomic E-state index is 0.189. The van der Waals surface area contributed by atoms with E-state index < -0.39 is 37.0 Å². The molecule has 5 nitrogen and oxygen atoms in total. The highest BCUT2D eigenvalue weighted by molar-refractivity contribution is 5.74. The van der Waals surface area contributed by atoms with E-state index in [-0.39, 0.29) is 12.4 Å². The third kappa shape index (κ3) is 8.83. The highest BCUT2D eigenvalue weighted by atomic mass is 19.4. The molecule has 1 heterocycles. The van der Waals surface area contributed by atoms with Crippen LogP contribution >= 0.6 is 0 Å². The Balaban J connectivity index is 0.00000176. The van der Waals surface area contributed by atoms with Crippen LogP contribution in [0.2, 0.25) is 0 Å². The minimum atomic E-state index is -4.53. The van der Waals surface area contributed by atoms with Crippen LogP contribution in [-0.2, 0) is 6.54 Å². The molecule has 1 aliphatic carbocycles. The maximum Gasteiger partial charge on any atom is 0.422 e. The Morgan fingerprint density at radius 1 is 1.26 bits per heavy atom. The molecule has 1 aromatic heterocycles. The Kier molecular flexibility index (Phi) is 8.17. The van der Waals surface area contributed by atoms with E-state index in [4.69, 9.17) is 0 Å². The average Bonchev–Trinajstić information content (AvgIpc) is 3.41. The number of carbonyl (C=O) groups is 1. The number of urea groups is 1. The summed E-state index contributed by atoms with van der Waals surface area (Å²) in [5.74, 6) is -0.919. The molecule has 2 amide bonds. The zero-order valence-electron chi connectivity index (χ0n) is 14.7. The van der Waals surface area contributed by atoms with E-state index in [1.54, 1.807) is 0 Å². The van der Waals surface area contributed by atoms with Crippen LogP contribution in [0.4, 0.5) is 31.1 Å². The molecule has 0 bridgehead atoms. The van der Waals surface area contributed by atoms with Gasteiger partial charge in [-0.05, 0) is 30.4 Å². The van der Waals surface area contributed by atoms with Crippen molar-refractivity contribution < 1.29 is 35.9 Å². The zero-order chi connectivity index (χ0) is 20.7. The van der Waals surface area contributed by atoms with E-state index in [1.807, 2.05) is 19.2 Å². The maximum atomic E-state index is 12.8. The SMILES string of the molecule is CC.O=C(NCc1ccnc(OCC(F)(F)F)c1)NC(C1CC1)C(F)(F)F. The van der Waals surface area contributed by atoms with Crippen molar-refractivity contribution in [1.82, 2.24) is 15.6 Å². The lowest BCUT2D eigenvalue weighted by Crippen LogP contribution is -2.50. The highest BCUT2D eigenvalue weighted by Crippen LogP contribution is 2.40. The van der Waals surface area contributed by atoms with Gasteiger partial charge in [-0.2, -0.15) is 26.3 Å². The average molecular weight is 401 g/mol. The summed E-state index contributed by atoms with van der Waals surface area (Å²) in [6.45, 7) is 2.29. The molecule has 1 aliphatic rings. The summed E-state index contributed by atoms with van der Waals surface area (Å²) < 4.78 is 79.1. The monoisotopic (exact) mass is 401 g/mol. The van der Waals surface area contributed by atoms with Crippen molar-refractivity contribution in [3.63, 3.8) is 0 Å². The molecule has 0 saturated heterocycles. The number of hydrogen-bond acceptors (Lipinski definition) is 3. The number of hydrogen-bond donors (Lipinski definition) is 2. The van der Waals surface area contributed by atoms with Gasteiger partial charge in [-0.3, -0.25) is 0 Å². The van der Waals surface area contributed by atoms with Crippen LogP contribution in [0.5, 0.6) is 5.88 Å². The molecule has 1 saturated carbocycles. The van der Waals surface area contributed by atoms with Crippen molar-refractivity contribution in [3.8, 4) is 5.88 Å². The van der Waals surface area contributed by atoms with Gasteiger partial charge in [0, 0.05) is 18.8 Å². The minimum Gasteiger partial charge on any atom is -0.468 e. The lowest BCUT2D eigenvalue weighted by Gasteiger charge is -2.21. The molecule has 2 rings (SSSR count). The number of nitrogens with one attached hydrogen (secondary N) is 2. The smallest absolute Gasteiger partial charge is 0.422 e. The third-order valence-electron chi connectivity index (χ3n) is 3.37. The molecule has 27 heavy (non-hydrogen) atoms. The van der Waals surface area contributed by atoms with Crippen LogP contribution in [0.15, 0.2) is 18.3 Å². The Morgan fingerprint density at radius 2 is 1.89 bits per heavy atom. The number of nitrogens with zero attached hydrogens (tertiary/aromatic N) is 1. The van der Waals surface area contributed by atoms with E-state index >= 15 is 0 Å². The van der Waals surface area contributed by atoms with Gasteiger partial charge in [0.25, 0.3) is 0 Å². The number of carbonyl (C=O) groups excluding carboxylic acids is 1. The Hall–Kier alpha value is -2.20. The Morgan fingerprint density at radius 3 is 2.41 bits per heavy atom. The summed E-state index contributed by atoms with van der Waals surface area (Å²) in [6, 6.07) is -0.365. The fraction of sp³-hybridized carbons (Fsp3) is 0.625. The number of pyridine rings is 1. The van der Waals surface area contributed by atoms with Crippen LogP contribution in [0, 0.1) is 5.92 Å². The Labute approximate surface area is 152 Å². The van der Waals surface area contributed by atoms with Crippen molar-refractivity contribution in [2.75, 3.05) is 6.61 Å². The molecule has 1 fully saturated rings. The molecular formula is C16H21F6N3O2. The summed E-state index contributed by atoms with van der Waals surface area (Å²) in [6.07, 6.45) is -7.09. The summed E-state index contributed by atoms with van der Waals surface area (Å²) in [5.41, 5.74) is 0.331. The standard InChI is InChI=1S/C14H15F6N3O2.C2H6/c15-13(16,17)7-25-10-5-8(3-4-21-10)6-22-12(24)23-11(9-1-2-9)14(18,19)20;1-2/h3-5,9,11H,1-2,6-7H2,(H2,22,23,24);1-2H3. The van der Waals surface area contributed by atoms with Crippen molar-refractivity contribution >= 4 is 6.03 Å². The summed E-state index contributed by atoms with van der Waals surface area (Å²) in [5, 5.41) is 4.11. The predicted octanol–water partition coefficient (Wildman–Crippen LogP) is 4.19. The molecule has 0 aromatic carbocycles. The largest absolute Gasteiger partial charge is 0.468 e. The van der Waals surface area contributed by atoms with Gasteiger partial charge in [0.05, 0.1) is 0 Å². The normalized spacial score (nSPS) is 15.3. The van der Waals surface area contributed by atoms with Crippen LogP contribution < -0.4 is 15.4 Å². The summed E-state index contributed by atoms with van der Waals surface area (Å²) >= 11 is 0. The third-order valence-corrected chi connectivity index (χ3v) is 3.37. The molecule has 0 radical (unpaired) electrons. The van der Waals surface area contributed by atoms with Gasteiger partial charge >= 0.3 is 18.4 Å². The zero-order valence-corrected chi connectivity index (χ0v) is 14.7. The van der Waals surface area contributed by atoms with Gasteiger partial charge in [-0.25, -0.2) is 9.78 Å². The van der Waals surface area contributed by atoms with Crippen LogP contribution in [0.25, 0.3) is 0 Å². The van der Waals surface area contributed by atoms with Gasteiger partial charge < -0.3 is 15.4 Å². The predicted molar refractivity (Wildman–Crippen MR) is 85.1 cm³/mol.